The monoisotopic (exact) mass is 680 g/mol. The molecule has 1 saturated carbocycles. The summed E-state index contributed by atoms with van der Waals surface area (Å²) in [7, 11) is 0. The van der Waals surface area contributed by atoms with Crippen LogP contribution in [0, 0.1) is 5.95 Å². The van der Waals surface area contributed by atoms with Gasteiger partial charge in [-0.1, -0.05) is 42.5 Å². The number of carbonyl (C=O) groups is 1. The summed E-state index contributed by atoms with van der Waals surface area (Å²) in [5.74, 6) is -0.908. The molecule has 2 fully saturated rings. The molecule has 7 rings (SSSR count). The number of pyridine rings is 2. The van der Waals surface area contributed by atoms with E-state index >= 15 is 0 Å². The predicted octanol–water partition coefficient (Wildman–Crippen LogP) is 4.36. The van der Waals surface area contributed by atoms with Gasteiger partial charge in [-0.3, -0.25) is 14.6 Å². The molecular weight excluding hydrogens is 635 g/mol. The van der Waals surface area contributed by atoms with E-state index in [1.54, 1.807) is 18.2 Å². The standard InChI is InChI=1S/C39H45FN6O4/c40-37-32(3-2-14-42-37)29-20-33(38(41)43-21-29)39(49)44-34-4-1-5-36(34)50-24-25-6-8-26(9-7-25)27-10-12-31-28(19-27)11-13-35(31)46-17-15-45(16-18-46)22-30(48)23-47/h2-3,6-10,12,14,19-21,30,34-36,47-48H,1,4-5,11,13,15-18,22-24H2,(H2,41,43)(H,44,49)/t30?,34-,35-,36-/m0/s1. The van der Waals surface area contributed by atoms with E-state index in [0.717, 1.165) is 63.8 Å². The molecule has 4 aromatic rings. The van der Waals surface area contributed by atoms with Gasteiger partial charge in [0.2, 0.25) is 5.95 Å². The number of carbonyl (C=O) groups excluding carboxylic acids is 1. The molecular formula is C39H45FN6O4. The Kier molecular flexibility index (Phi) is 10.5. The van der Waals surface area contributed by atoms with Crippen molar-refractivity contribution in [3.05, 3.63) is 101 Å². The summed E-state index contributed by atoms with van der Waals surface area (Å²) in [5, 5.41) is 22.1. The van der Waals surface area contributed by atoms with Crippen LogP contribution in [-0.4, -0.2) is 93.5 Å². The molecule has 3 heterocycles. The number of aliphatic hydroxyl groups excluding tert-OH is 2. The topological polar surface area (TPSA) is 137 Å². The Morgan fingerprint density at radius 2 is 1.80 bits per heavy atom. The Bertz CT molecular complexity index is 1800. The number of halogens is 1. The Morgan fingerprint density at radius 1 is 1.00 bits per heavy atom. The molecule has 1 saturated heterocycles. The fraction of sp³-hybridized carbons (Fsp3) is 0.410. The molecule has 1 aliphatic heterocycles. The van der Waals surface area contributed by atoms with Crippen molar-refractivity contribution in [1.82, 2.24) is 25.1 Å². The lowest BCUT2D eigenvalue weighted by Crippen LogP contribution is -2.49. The minimum Gasteiger partial charge on any atom is -0.394 e. The summed E-state index contributed by atoms with van der Waals surface area (Å²) in [6, 6.07) is 20.4. The van der Waals surface area contributed by atoms with Crippen LogP contribution in [0.15, 0.2) is 73.1 Å². The number of nitrogens with zero attached hydrogens (tertiary/aromatic N) is 4. The molecule has 50 heavy (non-hydrogen) atoms. The van der Waals surface area contributed by atoms with Gasteiger partial charge in [0, 0.05) is 62.3 Å². The molecule has 0 spiro atoms. The van der Waals surface area contributed by atoms with Gasteiger partial charge in [-0.05, 0) is 78.1 Å². The number of ether oxygens (including phenoxy) is 1. The quantitative estimate of drug-likeness (QED) is 0.170. The highest BCUT2D eigenvalue weighted by Crippen LogP contribution is 2.38. The summed E-state index contributed by atoms with van der Waals surface area (Å²) in [5.41, 5.74) is 13.2. The average Bonchev–Trinajstić information content (AvgIpc) is 3.78. The second-order valence-corrected chi connectivity index (χ2v) is 13.7. The van der Waals surface area contributed by atoms with E-state index in [9.17, 15) is 19.4 Å². The number of piperazine rings is 1. The summed E-state index contributed by atoms with van der Waals surface area (Å²) >= 11 is 0. The smallest absolute Gasteiger partial charge is 0.255 e. The van der Waals surface area contributed by atoms with Crippen LogP contribution in [0.5, 0.6) is 0 Å². The van der Waals surface area contributed by atoms with E-state index in [4.69, 9.17) is 10.5 Å². The van der Waals surface area contributed by atoms with Crippen molar-refractivity contribution in [2.45, 2.75) is 63.0 Å². The number of β-amino-alcohol motifs (C(OH)–C–C–N with tert-alkyl or cyclic N) is 1. The van der Waals surface area contributed by atoms with Gasteiger partial charge in [0.05, 0.1) is 37.0 Å². The van der Waals surface area contributed by atoms with Crippen molar-refractivity contribution in [3.63, 3.8) is 0 Å². The van der Waals surface area contributed by atoms with Crippen LogP contribution < -0.4 is 11.1 Å². The first kappa shape index (κ1) is 34.2. The maximum absolute atomic E-state index is 14.3. The SMILES string of the molecule is Nc1ncc(-c2cccnc2F)cc1C(=O)N[C@H]1CCC[C@@H]1OCc1ccc(-c2ccc3c(c2)CC[C@@H]3N2CCN(CC(O)CO)CC2)cc1. The number of aliphatic hydroxyl groups is 2. The van der Waals surface area contributed by atoms with Gasteiger partial charge in [-0.15, -0.1) is 0 Å². The molecule has 10 nitrogen and oxygen atoms in total. The van der Waals surface area contributed by atoms with Gasteiger partial charge < -0.3 is 26.0 Å². The lowest BCUT2D eigenvalue weighted by molar-refractivity contribution is 0.0272. The van der Waals surface area contributed by atoms with E-state index in [1.165, 1.54) is 34.6 Å². The number of nitrogen functional groups attached to an aromatic ring is 1. The lowest BCUT2D eigenvalue weighted by atomic mass is 9.98. The number of hydrogen-bond acceptors (Lipinski definition) is 9. The van der Waals surface area contributed by atoms with Gasteiger partial charge in [-0.2, -0.15) is 4.39 Å². The summed E-state index contributed by atoms with van der Waals surface area (Å²) < 4.78 is 20.6. The Hall–Kier alpha value is -4.26. The van der Waals surface area contributed by atoms with E-state index in [0.29, 0.717) is 24.8 Å². The highest BCUT2D eigenvalue weighted by atomic mass is 19.1. The molecule has 0 radical (unpaired) electrons. The highest BCUT2D eigenvalue weighted by Gasteiger charge is 2.32. The molecule has 2 aromatic carbocycles. The minimum absolute atomic E-state index is 0.0841. The zero-order valence-electron chi connectivity index (χ0n) is 28.2. The van der Waals surface area contributed by atoms with Gasteiger partial charge in [0.25, 0.3) is 5.91 Å². The van der Waals surface area contributed by atoms with E-state index < -0.39 is 12.1 Å². The summed E-state index contributed by atoms with van der Waals surface area (Å²) in [4.78, 5) is 25.9. The van der Waals surface area contributed by atoms with Gasteiger partial charge >= 0.3 is 0 Å². The molecule has 11 heteroatoms. The molecule has 262 valence electrons. The number of benzene rings is 2. The van der Waals surface area contributed by atoms with Crippen molar-refractivity contribution >= 4 is 11.7 Å². The molecule has 1 amide bonds. The maximum atomic E-state index is 14.3. The predicted molar refractivity (Wildman–Crippen MR) is 190 cm³/mol. The highest BCUT2D eigenvalue weighted by molar-refractivity contribution is 5.99. The van der Waals surface area contributed by atoms with Crippen LogP contribution in [0.3, 0.4) is 0 Å². The van der Waals surface area contributed by atoms with Gasteiger partial charge in [0.15, 0.2) is 0 Å². The van der Waals surface area contributed by atoms with Crippen molar-refractivity contribution in [1.29, 1.82) is 0 Å². The fourth-order valence-electron chi connectivity index (χ4n) is 7.71. The van der Waals surface area contributed by atoms with Crippen LogP contribution in [0.25, 0.3) is 22.3 Å². The second kappa shape index (κ2) is 15.3. The largest absolute Gasteiger partial charge is 0.394 e. The summed E-state index contributed by atoms with van der Waals surface area (Å²) in [6.45, 7) is 4.53. The van der Waals surface area contributed by atoms with Crippen molar-refractivity contribution in [3.8, 4) is 22.3 Å². The van der Waals surface area contributed by atoms with E-state index in [-0.39, 0.29) is 41.6 Å². The fourth-order valence-corrected chi connectivity index (χ4v) is 7.71. The number of aromatic nitrogens is 2. The zero-order valence-corrected chi connectivity index (χ0v) is 28.2. The Labute approximate surface area is 292 Å². The molecule has 0 bridgehead atoms. The molecule has 5 N–H and O–H groups in total. The van der Waals surface area contributed by atoms with Crippen molar-refractivity contribution < 1.29 is 24.1 Å². The first-order valence-corrected chi connectivity index (χ1v) is 17.6. The van der Waals surface area contributed by atoms with Crippen molar-refractivity contribution in [2.75, 3.05) is 45.1 Å². The lowest BCUT2D eigenvalue weighted by Gasteiger charge is -2.38. The normalized spacial score (nSPS) is 21.6. The number of hydrogen-bond donors (Lipinski definition) is 4. The molecule has 2 aromatic heterocycles. The maximum Gasteiger partial charge on any atom is 0.255 e. The van der Waals surface area contributed by atoms with E-state index in [1.807, 2.05) is 0 Å². The van der Waals surface area contributed by atoms with Crippen LogP contribution in [0.4, 0.5) is 10.2 Å². The first-order valence-electron chi connectivity index (χ1n) is 17.6. The number of nitrogens with one attached hydrogen (secondary N) is 1. The minimum atomic E-state index is -0.671. The molecule has 1 unspecified atom stereocenters. The Balaban J connectivity index is 0.931. The van der Waals surface area contributed by atoms with Gasteiger partial charge in [0.1, 0.15) is 5.82 Å². The van der Waals surface area contributed by atoms with E-state index in [2.05, 4.69) is 67.5 Å². The second-order valence-electron chi connectivity index (χ2n) is 13.7. The molecule has 2 aliphatic carbocycles. The third-order valence-electron chi connectivity index (χ3n) is 10.5. The number of aryl methyl sites for hydroxylation is 1. The zero-order chi connectivity index (χ0) is 34.6. The van der Waals surface area contributed by atoms with Gasteiger partial charge in [-0.25, -0.2) is 9.97 Å². The summed E-state index contributed by atoms with van der Waals surface area (Å²) in [6.07, 6.45) is 6.78. The Morgan fingerprint density at radius 3 is 2.58 bits per heavy atom. The number of nitrogens with two attached hydrogens (primary N) is 1. The third kappa shape index (κ3) is 7.57. The van der Waals surface area contributed by atoms with Crippen LogP contribution in [0.1, 0.15) is 58.8 Å². The number of fused-ring (bicyclic) bond motifs is 1. The number of rotatable bonds is 11. The van der Waals surface area contributed by atoms with Crippen molar-refractivity contribution in [2.24, 2.45) is 0 Å². The average molecular weight is 681 g/mol. The number of amides is 1. The van der Waals surface area contributed by atoms with Crippen LogP contribution >= 0.6 is 0 Å². The van der Waals surface area contributed by atoms with Crippen LogP contribution in [0.2, 0.25) is 0 Å². The molecule has 3 aliphatic rings. The number of anilines is 1. The third-order valence-corrected chi connectivity index (χ3v) is 10.5. The van der Waals surface area contributed by atoms with Crippen LogP contribution in [-0.2, 0) is 17.8 Å². The first-order chi connectivity index (χ1) is 24.4. The molecule has 4 atom stereocenters.